The predicted molar refractivity (Wildman–Crippen MR) is 120 cm³/mol. The molecule has 4 heteroatoms. The number of esters is 1. The van der Waals surface area contributed by atoms with Crippen LogP contribution in [-0.4, -0.2) is 26.0 Å². The first kappa shape index (κ1) is 21.1. The first-order valence-electron chi connectivity index (χ1n) is 9.75. The number of benzene rings is 3. The quantitative estimate of drug-likeness (QED) is 0.289. The third kappa shape index (κ3) is 4.84. The molecule has 0 atom stereocenters. The molecule has 152 valence electrons. The Bertz CT molecular complexity index is 1100. The van der Waals surface area contributed by atoms with E-state index in [0.29, 0.717) is 17.9 Å². The number of aryl methyl sites for hydroxylation is 1. The second-order valence-corrected chi connectivity index (χ2v) is 6.81. The van der Waals surface area contributed by atoms with Crippen LogP contribution in [0.1, 0.15) is 28.4 Å². The van der Waals surface area contributed by atoms with Gasteiger partial charge in [0.15, 0.2) is 0 Å². The molecular weight excluding hydrogens is 376 g/mol. The van der Waals surface area contributed by atoms with Crippen LogP contribution < -0.4 is 4.74 Å². The minimum absolute atomic E-state index is 0.333. The summed E-state index contributed by atoms with van der Waals surface area (Å²) in [6.07, 6.45) is 4.02. The van der Waals surface area contributed by atoms with Crippen molar-refractivity contribution in [3.05, 3.63) is 83.4 Å². The maximum atomic E-state index is 11.8. The number of aldehydes is 1. The van der Waals surface area contributed by atoms with Crippen LogP contribution in [0.4, 0.5) is 0 Å². The van der Waals surface area contributed by atoms with Crippen molar-refractivity contribution in [2.75, 3.05) is 13.7 Å². The van der Waals surface area contributed by atoms with Gasteiger partial charge < -0.3 is 9.47 Å². The lowest BCUT2D eigenvalue weighted by Gasteiger charge is -2.13. The SMILES string of the molecule is CCOC(=O)/C=C/c1cc(OC)ccc1-c1ccc(-c2cccc(C=O)c2)c(C)c1. The van der Waals surface area contributed by atoms with E-state index in [0.717, 1.165) is 39.7 Å². The molecule has 30 heavy (non-hydrogen) atoms. The van der Waals surface area contributed by atoms with Gasteiger partial charge in [-0.15, -0.1) is 0 Å². The summed E-state index contributed by atoms with van der Waals surface area (Å²) in [5.41, 5.74) is 6.67. The average molecular weight is 400 g/mol. The molecule has 0 aliphatic carbocycles. The van der Waals surface area contributed by atoms with E-state index in [-0.39, 0.29) is 5.97 Å². The maximum Gasteiger partial charge on any atom is 0.330 e. The molecule has 0 aromatic heterocycles. The maximum absolute atomic E-state index is 11.8. The minimum Gasteiger partial charge on any atom is -0.497 e. The van der Waals surface area contributed by atoms with E-state index < -0.39 is 0 Å². The van der Waals surface area contributed by atoms with Crippen LogP contribution in [0.3, 0.4) is 0 Å². The first-order valence-corrected chi connectivity index (χ1v) is 9.75. The van der Waals surface area contributed by atoms with Crippen LogP contribution >= 0.6 is 0 Å². The number of ether oxygens (including phenoxy) is 2. The summed E-state index contributed by atoms with van der Waals surface area (Å²) in [6, 6.07) is 19.5. The summed E-state index contributed by atoms with van der Waals surface area (Å²) in [7, 11) is 1.61. The van der Waals surface area contributed by atoms with E-state index in [1.54, 1.807) is 26.2 Å². The second-order valence-electron chi connectivity index (χ2n) is 6.81. The summed E-state index contributed by atoms with van der Waals surface area (Å²) in [6.45, 7) is 4.15. The highest BCUT2D eigenvalue weighted by atomic mass is 16.5. The average Bonchev–Trinajstić information content (AvgIpc) is 2.77. The zero-order chi connectivity index (χ0) is 21.5. The van der Waals surface area contributed by atoms with Gasteiger partial charge in [0.2, 0.25) is 0 Å². The van der Waals surface area contributed by atoms with Gasteiger partial charge in [0.25, 0.3) is 0 Å². The Labute approximate surface area is 176 Å². The second kappa shape index (κ2) is 9.70. The van der Waals surface area contributed by atoms with E-state index in [2.05, 4.69) is 12.1 Å². The number of hydrogen-bond donors (Lipinski definition) is 0. The van der Waals surface area contributed by atoms with Gasteiger partial charge in [-0.3, -0.25) is 4.79 Å². The highest BCUT2D eigenvalue weighted by molar-refractivity contribution is 5.90. The molecule has 3 aromatic rings. The van der Waals surface area contributed by atoms with Crippen LogP contribution in [0, 0.1) is 6.92 Å². The number of rotatable bonds is 7. The Hall–Kier alpha value is -3.66. The topological polar surface area (TPSA) is 52.6 Å². The number of methoxy groups -OCH3 is 1. The number of carbonyl (C=O) groups excluding carboxylic acids is 2. The molecule has 3 rings (SSSR count). The fourth-order valence-electron chi connectivity index (χ4n) is 3.35. The standard InChI is InChI=1S/C26H24O4/c1-4-30-26(28)13-9-22-16-23(29-3)10-12-25(22)21-8-11-24(18(2)14-21)20-7-5-6-19(15-20)17-27/h5-17H,4H2,1-3H3/b13-9+. The van der Waals surface area contributed by atoms with Gasteiger partial charge in [-0.05, 0) is 71.5 Å². The van der Waals surface area contributed by atoms with Crippen LogP contribution in [0.15, 0.2) is 66.7 Å². The molecule has 0 heterocycles. The lowest BCUT2D eigenvalue weighted by Crippen LogP contribution is -1.99. The number of carbonyl (C=O) groups is 2. The molecule has 4 nitrogen and oxygen atoms in total. The van der Waals surface area contributed by atoms with Crippen LogP contribution in [-0.2, 0) is 9.53 Å². The smallest absolute Gasteiger partial charge is 0.330 e. The molecule has 0 saturated heterocycles. The van der Waals surface area contributed by atoms with E-state index in [4.69, 9.17) is 9.47 Å². The molecule has 0 saturated carbocycles. The van der Waals surface area contributed by atoms with E-state index in [9.17, 15) is 9.59 Å². The van der Waals surface area contributed by atoms with Gasteiger partial charge in [-0.25, -0.2) is 4.79 Å². The third-order valence-electron chi connectivity index (χ3n) is 4.82. The third-order valence-corrected chi connectivity index (χ3v) is 4.82. The summed E-state index contributed by atoms with van der Waals surface area (Å²) in [5.74, 6) is 0.328. The van der Waals surface area contributed by atoms with Crippen molar-refractivity contribution in [3.63, 3.8) is 0 Å². The van der Waals surface area contributed by atoms with Gasteiger partial charge in [-0.1, -0.05) is 42.5 Å². The summed E-state index contributed by atoms with van der Waals surface area (Å²) < 4.78 is 10.3. The Morgan fingerprint density at radius 2 is 1.73 bits per heavy atom. The molecule has 0 aliphatic rings. The largest absolute Gasteiger partial charge is 0.497 e. The molecule has 3 aromatic carbocycles. The van der Waals surface area contributed by atoms with Crippen molar-refractivity contribution in [2.24, 2.45) is 0 Å². The zero-order valence-corrected chi connectivity index (χ0v) is 17.3. The lowest BCUT2D eigenvalue weighted by molar-refractivity contribution is -0.137. The Kier molecular flexibility index (Phi) is 6.81. The fourth-order valence-corrected chi connectivity index (χ4v) is 3.35. The number of hydrogen-bond acceptors (Lipinski definition) is 4. The van der Waals surface area contributed by atoms with Gasteiger partial charge in [0.05, 0.1) is 13.7 Å². The lowest BCUT2D eigenvalue weighted by atomic mass is 9.93. The molecule has 0 fully saturated rings. The van der Waals surface area contributed by atoms with E-state index in [1.165, 1.54) is 6.08 Å². The molecule has 0 unspecified atom stereocenters. The van der Waals surface area contributed by atoms with Crippen molar-refractivity contribution in [3.8, 4) is 28.0 Å². The summed E-state index contributed by atoms with van der Waals surface area (Å²) in [4.78, 5) is 22.9. The molecule has 0 bridgehead atoms. The zero-order valence-electron chi connectivity index (χ0n) is 17.3. The van der Waals surface area contributed by atoms with Crippen LogP contribution in [0.2, 0.25) is 0 Å². The van der Waals surface area contributed by atoms with Crippen molar-refractivity contribution in [2.45, 2.75) is 13.8 Å². The summed E-state index contributed by atoms with van der Waals surface area (Å²) in [5, 5.41) is 0. The molecule has 0 amide bonds. The van der Waals surface area contributed by atoms with Crippen molar-refractivity contribution in [1.82, 2.24) is 0 Å². The summed E-state index contributed by atoms with van der Waals surface area (Å²) >= 11 is 0. The van der Waals surface area contributed by atoms with Crippen molar-refractivity contribution in [1.29, 1.82) is 0 Å². The fraction of sp³-hybridized carbons (Fsp3) is 0.154. The molecular formula is C26H24O4. The van der Waals surface area contributed by atoms with Gasteiger partial charge in [0, 0.05) is 11.6 Å². The van der Waals surface area contributed by atoms with Gasteiger partial charge in [0.1, 0.15) is 12.0 Å². The van der Waals surface area contributed by atoms with E-state index >= 15 is 0 Å². The van der Waals surface area contributed by atoms with Crippen LogP contribution in [0.25, 0.3) is 28.3 Å². The Morgan fingerprint density at radius 3 is 2.43 bits per heavy atom. The molecule has 0 aliphatic heterocycles. The van der Waals surface area contributed by atoms with Gasteiger partial charge >= 0.3 is 5.97 Å². The Morgan fingerprint density at radius 1 is 0.967 bits per heavy atom. The minimum atomic E-state index is -0.382. The van der Waals surface area contributed by atoms with Crippen molar-refractivity contribution < 1.29 is 19.1 Å². The molecule has 0 radical (unpaired) electrons. The highest BCUT2D eigenvalue weighted by Crippen LogP contribution is 2.32. The first-order chi connectivity index (χ1) is 14.5. The Balaban J connectivity index is 2.02. The molecule has 0 spiro atoms. The van der Waals surface area contributed by atoms with E-state index in [1.807, 2.05) is 49.4 Å². The van der Waals surface area contributed by atoms with Gasteiger partial charge in [-0.2, -0.15) is 0 Å². The van der Waals surface area contributed by atoms with Crippen LogP contribution in [0.5, 0.6) is 5.75 Å². The van der Waals surface area contributed by atoms with Crippen molar-refractivity contribution >= 4 is 18.3 Å². The molecule has 0 N–H and O–H groups in total. The monoisotopic (exact) mass is 400 g/mol. The normalized spacial score (nSPS) is 10.8. The highest BCUT2D eigenvalue weighted by Gasteiger charge is 2.09. The predicted octanol–water partition coefficient (Wildman–Crippen LogP) is 5.73.